The topological polar surface area (TPSA) is 59.0 Å². The van der Waals surface area contributed by atoms with Gasteiger partial charge >= 0.3 is 0 Å². The number of hydrogen-bond donors (Lipinski definition) is 2. The second-order valence-corrected chi connectivity index (χ2v) is 5.39. The number of aromatic nitrogens is 2. The maximum absolute atomic E-state index is 11.8. The summed E-state index contributed by atoms with van der Waals surface area (Å²) < 4.78 is 2.06. The Morgan fingerprint density at radius 2 is 2.53 bits per heavy atom. The van der Waals surface area contributed by atoms with E-state index in [1.165, 1.54) is 17.0 Å². The summed E-state index contributed by atoms with van der Waals surface area (Å²) in [4.78, 5) is 11.8. The maximum atomic E-state index is 11.8. The van der Waals surface area contributed by atoms with Gasteiger partial charge < -0.3 is 10.6 Å². The summed E-state index contributed by atoms with van der Waals surface area (Å²) >= 11 is 1.54. The van der Waals surface area contributed by atoms with Gasteiger partial charge in [0, 0.05) is 36.8 Å². The number of carbonyl (C=O) groups is 1. The number of hydrogen-bond acceptors (Lipinski definition) is 4. The molecule has 0 unspecified atom stereocenters. The highest BCUT2D eigenvalue weighted by atomic mass is 32.1. The van der Waals surface area contributed by atoms with E-state index in [0.29, 0.717) is 12.6 Å². The van der Waals surface area contributed by atoms with Gasteiger partial charge in [-0.25, -0.2) is 0 Å². The monoisotopic (exact) mass is 276 g/mol. The predicted octanol–water partition coefficient (Wildman–Crippen LogP) is 1.41. The van der Waals surface area contributed by atoms with Gasteiger partial charge in [0.2, 0.25) is 0 Å². The molecule has 3 heterocycles. The van der Waals surface area contributed by atoms with Crippen molar-refractivity contribution in [3.05, 3.63) is 40.3 Å². The first-order chi connectivity index (χ1) is 9.34. The van der Waals surface area contributed by atoms with Gasteiger partial charge in [-0.3, -0.25) is 9.48 Å². The normalized spacial score (nSPS) is 18.0. The number of nitrogens with zero attached hydrogens (tertiary/aromatic N) is 2. The SMILES string of the molecule is O=C(NCC[C@@H]1CNCc2ccnn21)c1ccsc1. The lowest BCUT2D eigenvalue weighted by atomic mass is 10.1. The predicted molar refractivity (Wildman–Crippen MR) is 74.2 cm³/mol. The highest BCUT2D eigenvalue weighted by Crippen LogP contribution is 2.16. The molecule has 0 fully saturated rings. The van der Waals surface area contributed by atoms with Crippen molar-refractivity contribution in [2.75, 3.05) is 13.1 Å². The Balaban J connectivity index is 1.53. The van der Waals surface area contributed by atoms with Gasteiger partial charge in [0.15, 0.2) is 0 Å². The zero-order valence-electron chi connectivity index (χ0n) is 10.5. The quantitative estimate of drug-likeness (QED) is 0.887. The van der Waals surface area contributed by atoms with Gasteiger partial charge in [-0.1, -0.05) is 0 Å². The largest absolute Gasteiger partial charge is 0.352 e. The molecule has 100 valence electrons. The molecule has 1 aliphatic heterocycles. The molecule has 5 nitrogen and oxygen atoms in total. The van der Waals surface area contributed by atoms with Gasteiger partial charge in [-0.2, -0.15) is 16.4 Å². The van der Waals surface area contributed by atoms with E-state index >= 15 is 0 Å². The molecule has 1 amide bonds. The number of carbonyl (C=O) groups excluding carboxylic acids is 1. The Morgan fingerprint density at radius 3 is 3.37 bits per heavy atom. The van der Waals surface area contributed by atoms with E-state index in [2.05, 4.69) is 20.4 Å². The van der Waals surface area contributed by atoms with Gasteiger partial charge in [0.1, 0.15) is 0 Å². The second kappa shape index (κ2) is 5.54. The van der Waals surface area contributed by atoms with Crippen molar-refractivity contribution in [2.45, 2.75) is 19.0 Å². The smallest absolute Gasteiger partial charge is 0.252 e. The maximum Gasteiger partial charge on any atom is 0.252 e. The molecular formula is C13H16N4OS. The third kappa shape index (κ3) is 2.69. The molecule has 0 aromatic carbocycles. The number of rotatable bonds is 4. The second-order valence-electron chi connectivity index (χ2n) is 4.61. The van der Waals surface area contributed by atoms with Crippen LogP contribution in [0.4, 0.5) is 0 Å². The van der Waals surface area contributed by atoms with Gasteiger partial charge in [-0.05, 0) is 23.9 Å². The van der Waals surface area contributed by atoms with E-state index in [0.717, 1.165) is 25.1 Å². The lowest BCUT2D eigenvalue weighted by Gasteiger charge is -2.25. The first-order valence-electron chi connectivity index (χ1n) is 6.38. The summed E-state index contributed by atoms with van der Waals surface area (Å²) in [6, 6.07) is 4.19. The molecule has 0 spiro atoms. The molecule has 2 aromatic rings. The number of thiophene rings is 1. The molecule has 0 bridgehead atoms. The van der Waals surface area contributed by atoms with Crippen LogP contribution in [0.25, 0.3) is 0 Å². The third-order valence-corrected chi connectivity index (χ3v) is 4.01. The molecule has 0 saturated heterocycles. The van der Waals surface area contributed by atoms with Crippen LogP contribution in [0.3, 0.4) is 0 Å². The zero-order valence-corrected chi connectivity index (χ0v) is 11.3. The Morgan fingerprint density at radius 1 is 1.58 bits per heavy atom. The number of nitrogens with one attached hydrogen (secondary N) is 2. The van der Waals surface area contributed by atoms with Crippen molar-refractivity contribution in [2.24, 2.45) is 0 Å². The summed E-state index contributed by atoms with van der Waals surface area (Å²) in [7, 11) is 0. The summed E-state index contributed by atoms with van der Waals surface area (Å²) in [6.07, 6.45) is 2.72. The molecule has 3 rings (SSSR count). The van der Waals surface area contributed by atoms with Crippen molar-refractivity contribution < 1.29 is 4.79 Å². The zero-order chi connectivity index (χ0) is 13.1. The van der Waals surface area contributed by atoms with Gasteiger partial charge in [0.05, 0.1) is 11.7 Å². The van der Waals surface area contributed by atoms with Crippen LogP contribution in [0, 0.1) is 0 Å². The number of amides is 1. The minimum atomic E-state index is 0.00528. The first-order valence-corrected chi connectivity index (χ1v) is 7.32. The fraction of sp³-hybridized carbons (Fsp3) is 0.385. The van der Waals surface area contributed by atoms with E-state index in [4.69, 9.17) is 0 Å². The number of fused-ring (bicyclic) bond motifs is 1. The first kappa shape index (κ1) is 12.4. The van der Waals surface area contributed by atoms with E-state index < -0.39 is 0 Å². The highest BCUT2D eigenvalue weighted by molar-refractivity contribution is 7.08. The Kier molecular flexibility index (Phi) is 3.61. The van der Waals surface area contributed by atoms with Crippen LogP contribution in [-0.4, -0.2) is 28.8 Å². The lowest BCUT2D eigenvalue weighted by molar-refractivity contribution is 0.0951. The lowest BCUT2D eigenvalue weighted by Crippen LogP contribution is -2.36. The van der Waals surface area contributed by atoms with Crippen molar-refractivity contribution >= 4 is 17.2 Å². The summed E-state index contributed by atoms with van der Waals surface area (Å²) in [5.74, 6) is 0.00528. The van der Waals surface area contributed by atoms with Gasteiger partial charge in [-0.15, -0.1) is 0 Å². The fourth-order valence-corrected chi connectivity index (χ4v) is 2.97. The summed E-state index contributed by atoms with van der Waals surface area (Å²) in [5, 5.41) is 14.5. The van der Waals surface area contributed by atoms with E-state index in [-0.39, 0.29) is 5.91 Å². The molecule has 0 aliphatic carbocycles. The van der Waals surface area contributed by atoms with Crippen molar-refractivity contribution in [3.8, 4) is 0 Å². The standard InChI is InChI=1S/C13H16N4OS/c18-13(10-3-6-19-9-10)15-4-1-11-7-14-8-12-2-5-16-17(11)12/h2-3,5-6,9,11,14H,1,4,7-8H2,(H,15,18)/t11-/m1/s1. The van der Waals surface area contributed by atoms with Gasteiger partial charge in [0.25, 0.3) is 5.91 Å². The van der Waals surface area contributed by atoms with Crippen molar-refractivity contribution in [1.82, 2.24) is 20.4 Å². The molecule has 6 heteroatoms. The molecule has 0 saturated carbocycles. The van der Waals surface area contributed by atoms with Crippen LogP contribution in [0.2, 0.25) is 0 Å². The van der Waals surface area contributed by atoms with Crippen molar-refractivity contribution in [3.63, 3.8) is 0 Å². The van der Waals surface area contributed by atoms with Crippen molar-refractivity contribution in [1.29, 1.82) is 0 Å². The Labute approximate surface area is 115 Å². The van der Waals surface area contributed by atoms with E-state index in [9.17, 15) is 4.79 Å². The molecule has 2 N–H and O–H groups in total. The van der Waals surface area contributed by atoms with Crippen LogP contribution in [0.15, 0.2) is 29.1 Å². The van der Waals surface area contributed by atoms with E-state index in [1.807, 2.05) is 29.1 Å². The average Bonchev–Trinajstić information content (AvgIpc) is 3.10. The molecule has 19 heavy (non-hydrogen) atoms. The Hall–Kier alpha value is -1.66. The summed E-state index contributed by atoms with van der Waals surface area (Å²) in [5.41, 5.74) is 1.95. The van der Waals surface area contributed by atoms with Crippen LogP contribution in [-0.2, 0) is 6.54 Å². The van der Waals surface area contributed by atoms with Crippen LogP contribution < -0.4 is 10.6 Å². The average molecular weight is 276 g/mol. The minimum Gasteiger partial charge on any atom is -0.352 e. The van der Waals surface area contributed by atoms with Crippen LogP contribution >= 0.6 is 11.3 Å². The van der Waals surface area contributed by atoms with E-state index in [1.54, 1.807) is 0 Å². The highest BCUT2D eigenvalue weighted by Gasteiger charge is 2.19. The molecule has 0 radical (unpaired) electrons. The fourth-order valence-electron chi connectivity index (χ4n) is 2.34. The van der Waals surface area contributed by atoms with Crippen LogP contribution in [0.5, 0.6) is 0 Å². The van der Waals surface area contributed by atoms with Crippen LogP contribution in [0.1, 0.15) is 28.5 Å². The minimum absolute atomic E-state index is 0.00528. The molecule has 1 aliphatic rings. The molecule has 2 aromatic heterocycles. The molecule has 1 atom stereocenters. The third-order valence-electron chi connectivity index (χ3n) is 3.33. The Bertz CT molecular complexity index is 549. The summed E-state index contributed by atoms with van der Waals surface area (Å²) in [6.45, 7) is 2.45. The molecular weight excluding hydrogens is 260 g/mol.